The lowest BCUT2D eigenvalue weighted by Crippen LogP contribution is -1.91. The maximum Gasteiger partial charge on any atom is 0.303 e. The van der Waals surface area contributed by atoms with E-state index in [1.165, 1.54) is 0 Å². The number of alkyl halides is 1. The smallest absolute Gasteiger partial charge is 0.303 e. The zero-order chi connectivity index (χ0) is 8.53. The van der Waals surface area contributed by atoms with Crippen LogP contribution in [0, 0.1) is 0 Å². The van der Waals surface area contributed by atoms with E-state index in [1.54, 1.807) is 0 Å². The van der Waals surface area contributed by atoms with Crippen molar-refractivity contribution >= 4 is 21.9 Å². The van der Waals surface area contributed by atoms with E-state index >= 15 is 0 Å². The Hall–Kier alpha value is -0.310. The average Bonchev–Trinajstić information content (AvgIpc) is 1.96. The highest BCUT2D eigenvalue weighted by molar-refractivity contribution is 9.09. The molecule has 0 aliphatic rings. The Labute approximate surface area is 75.4 Å². The summed E-state index contributed by atoms with van der Waals surface area (Å²) in [5.74, 6) is -0.727. The summed E-state index contributed by atoms with van der Waals surface area (Å²) in [4.78, 5) is 10.0. The molecule has 1 N–H and O–H groups in total. The topological polar surface area (TPSA) is 37.3 Å². The van der Waals surface area contributed by atoms with Crippen LogP contribution in [-0.2, 0) is 4.79 Å². The van der Waals surface area contributed by atoms with E-state index in [1.807, 2.05) is 12.2 Å². The van der Waals surface area contributed by atoms with Gasteiger partial charge in [-0.15, -0.1) is 0 Å². The van der Waals surface area contributed by atoms with Gasteiger partial charge in [-0.2, -0.15) is 0 Å². The molecule has 0 aromatic rings. The standard InChI is InChI=1S/C8H13BrO2/c9-7-5-3-1-2-4-6-8(10)11/h1-2H,3-7H2,(H,10,11). The van der Waals surface area contributed by atoms with Crippen molar-refractivity contribution in [3.63, 3.8) is 0 Å². The van der Waals surface area contributed by atoms with Gasteiger partial charge in [0.15, 0.2) is 0 Å². The van der Waals surface area contributed by atoms with Gasteiger partial charge in [0.05, 0.1) is 0 Å². The molecule has 0 aromatic carbocycles. The second kappa shape index (κ2) is 7.79. The molecule has 0 bridgehead atoms. The van der Waals surface area contributed by atoms with Crippen molar-refractivity contribution in [2.75, 3.05) is 5.33 Å². The Morgan fingerprint density at radius 3 is 2.55 bits per heavy atom. The summed E-state index contributed by atoms with van der Waals surface area (Å²) in [6.07, 6.45) is 7.00. The summed E-state index contributed by atoms with van der Waals surface area (Å²) in [6, 6.07) is 0. The minimum absolute atomic E-state index is 0.241. The minimum atomic E-state index is -0.727. The predicted octanol–water partition coefficient (Wildman–Crippen LogP) is 2.58. The molecule has 3 heteroatoms. The van der Waals surface area contributed by atoms with Crippen LogP contribution in [0.3, 0.4) is 0 Å². The number of carbonyl (C=O) groups is 1. The highest BCUT2D eigenvalue weighted by Gasteiger charge is 1.90. The number of halogens is 1. The fourth-order valence-corrected chi connectivity index (χ4v) is 0.961. The van der Waals surface area contributed by atoms with Gasteiger partial charge in [0.2, 0.25) is 0 Å². The summed E-state index contributed by atoms with van der Waals surface area (Å²) in [5, 5.41) is 9.28. The Morgan fingerprint density at radius 1 is 1.36 bits per heavy atom. The van der Waals surface area contributed by atoms with Crippen molar-refractivity contribution in [1.29, 1.82) is 0 Å². The maximum absolute atomic E-state index is 10.0. The number of unbranched alkanes of at least 4 members (excludes halogenated alkanes) is 1. The number of aliphatic carboxylic acids is 1. The highest BCUT2D eigenvalue weighted by atomic mass is 79.9. The van der Waals surface area contributed by atoms with Crippen molar-refractivity contribution in [3.05, 3.63) is 12.2 Å². The van der Waals surface area contributed by atoms with Crippen LogP contribution in [0.5, 0.6) is 0 Å². The van der Waals surface area contributed by atoms with E-state index in [4.69, 9.17) is 5.11 Å². The van der Waals surface area contributed by atoms with Gasteiger partial charge in [-0.1, -0.05) is 28.1 Å². The number of carboxylic acid groups (broad SMARTS) is 1. The van der Waals surface area contributed by atoms with Crippen molar-refractivity contribution in [1.82, 2.24) is 0 Å². The third kappa shape index (κ3) is 9.69. The van der Waals surface area contributed by atoms with Crippen molar-refractivity contribution in [2.24, 2.45) is 0 Å². The van der Waals surface area contributed by atoms with E-state index in [-0.39, 0.29) is 6.42 Å². The molecule has 0 unspecified atom stereocenters. The number of hydrogen-bond acceptors (Lipinski definition) is 1. The molecule has 64 valence electrons. The van der Waals surface area contributed by atoms with Crippen LogP contribution in [0.25, 0.3) is 0 Å². The van der Waals surface area contributed by atoms with Crippen LogP contribution in [0.2, 0.25) is 0 Å². The SMILES string of the molecule is O=C(O)CCC=CCCCBr. The second-order valence-corrected chi connectivity index (χ2v) is 3.03. The lowest BCUT2D eigenvalue weighted by molar-refractivity contribution is -0.136. The van der Waals surface area contributed by atoms with Gasteiger partial charge in [-0.25, -0.2) is 0 Å². The van der Waals surface area contributed by atoms with Crippen LogP contribution >= 0.6 is 15.9 Å². The molecule has 2 nitrogen and oxygen atoms in total. The van der Waals surface area contributed by atoms with Gasteiger partial charge >= 0.3 is 5.97 Å². The average molecular weight is 221 g/mol. The summed E-state index contributed by atoms with van der Waals surface area (Å²) in [6.45, 7) is 0. The lowest BCUT2D eigenvalue weighted by Gasteiger charge is -1.88. The Balaban J connectivity index is 3.10. The van der Waals surface area contributed by atoms with E-state index in [0.717, 1.165) is 18.2 Å². The summed E-state index contributed by atoms with van der Waals surface area (Å²) >= 11 is 3.31. The molecule has 0 heterocycles. The maximum atomic E-state index is 10.0. The van der Waals surface area contributed by atoms with Gasteiger partial charge in [-0.05, 0) is 19.3 Å². The molecule has 0 amide bonds. The number of allylic oxidation sites excluding steroid dienone is 2. The zero-order valence-electron chi connectivity index (χ0n) is 6.42. The molecule has 0 fully saturated rings. The van der Waals surface area contributed by atoms with E-state index in [9.17, 15) is 4.79 Å². The third-order valence-electron chi connectivity index (χ3n) is 1.20. The predicted molar refractivity (Wildman–Crippen MR) is 49.0 cm³/mol. The Bertz CT molecular complexity index is 132. The van der Waals surface area contributed by atoms with Crippen molar-refractivity contribution < 1.29 is 9.90 Å². The first kappa shape index (κ1) is 10.7. The van der Waals surface area contributed by atoms with Crippen molar-refractivity contribution in [2.45, 2.75) is 25.7 Å². The van der Waals surface area contributed by atoms with Gasteiger partial charge in [0.25, 0.3) is 0 Å². The largest absolute Gasteiger partial charge is 0.481 e. The van der Waals surface area contributed by atoms with Crippen molar-refractivity contribution in [3.8, 4) is 0 Å². The van der Waals surface area contributed by atoms with Crippen LogP contribution in [0.1, 0.15) is 25.7 Å². The van der Waals surface area contributed by atoms with E-state index in [0.29, 0.717) is 6.42 Å². The van der Waals surface area contributed by atoms with Gasteiger partial charge in [0, 0.05) is 11.8 Å². The summed E-state index contributed by atoms with van der Waals surface area (Å²) in [7, 11) is 0. The van der Waals surface area contributed by atoms with Gasteiger partial charge in [-0.3, -0.25) is 4.79 Å². The summed E-state index contributed by atoms with van der Waals surface area (Å²) < 4.78 is 0. The molecule has 0 rings (SSSR count). The Morgan fingerprint density at radius 2 is 2.00 bits per heavy atom. The first-order valence-electron chi connectivity index (χ1n) is 3.70. The van der Waals surface area contributed by atoms with Gasteiger partial charge < -0.3 is 5.11 Å². The van der Waals surface area contributed by atoms with Gasteiger partial charge in [0.1, 0.15) is 0 Å². The number of hydrogen-bond donors (Lipinski definition) is 1. The molecule has 0 aromatic heterocycles. The quantitative estimate of drug-likeness (QED) is 0.425. The first-order chi connectivity index (χ1) is 5.27. The molecule has 0 radical (unpaired) electrons. The fraction of sp³-hybridized carbons (Fsp3) is 0.625. The highest BCUT2D eigenvalue weighted by Crippen LogP contribution is 1.97. The Kier molecular flexibility index (Phi) is 7.57. The molecular formula is C8H13BrO2. The van der Waals surface area contributed by atoms with E-state index < -0.39 is 5.97 Å². The monoisotopic (exact) mass is 220 g/mol. The first-order valence-corrected chi connectivity index (χ1v) is 4.82. The normalized spacial score (nSPS) is 10.6. The third-order valence-corrected chi connectivity index (χ3v) is 1.76. The molecule has 11 heavy (non-hydrogen) atoms. The van der Waals surface area contributed by atoms with Crippen LogP contribution in [-0.4, -0.2) is 16.4 Å². The number of carboxylic acids is 1. The second-order valence-electron chi connectivity index (χ2n) is 2.24. The lowest BCUT2D eigenvalue weighted by atomic mass is 10.2. The number of rotatable bonds is 6. The molecule has 0 saturated heterocycles. The molecule has 0 spiro atoms. The summed E-state index contributed by atoms with van der Waals surface area (Å²) in [5.41, 5.74) is 0. The zero-order valence-corrected chi connectivity index (χ0v) is 8.01. The fourth-order valence-electron chi connectivity index (χ4n) is 0.638. The van der Waals surface area contributed by atoms with Crippen LogP contribution < -0.4 is 0 Å². The van der Waals surface area contributed by atoms with Crippen LogP contribution in [0.15, 0.2) is 12.2 Å². The molecule has 0 aliphatic heterocycles. The molecule has 0 aliphatic carbocycles. The van der Waals surface area contributed by atoms with Crippen LogP contribution in [0.4, 0.5) is 0 Å². The molecule has 0 saturated carbocycles. The molecular weight excluding hydrogens is 208 g/mol. The molecule has 0 atom stereocenters. The van der Waals surface area contributed by atoms with E-state index in [2.05, 4.69) is 15.9 Å². The minimum Gasteiger partial charge on any atom is -0.481 e.